The van der Waals surface area contributed by atoms with Crippen LogP contribution in [0.25, 0.3) is 0 Å². The van der Waals surface area contributed by atoms with Crippen LogP contribution in [0.15, 0.2) is 30.3 Å². The number of carbonyl (C=O) groups is 2. The zero-order valence-corrected chi connectivity index (χ0v) is 15.8. The molecule has 0 radical (unpaired) electrons. The van der Waals surface area contributed by atoms with Gasteiger partial charge in [-0.3, -0.25) is 9.59 Å². The summed E-state index contributed by atoms with van der Waals surface area (Å²) in [6.07, 6.45) is 2.75. The van der Waals surface area contributed by atoms with Crippen LogP contribution in [-0.2, 0) is 25.8 Å². The fraction of sp³-hybridized carbons (Fsp3) is 0.579. The average molecular weight is 378 g/mol. The molecule has 2 aliphatic heterocycles. The van der Waals surface area contributed by atoms with Gasteiger partial charge in [-0.15, -0.1) is 0 Å². The smallest absolute Gasteiger partial charge is 0.227 e. The highest BCUT2D eigenvalue weighted by atomic mass is 32.2. The van der Waals surface area contributed by atoms with E-state index in [1.165, 1.54) is 5.56 Å². The SMILES string of the molecule is O=C1CCC(C(=O)N2CCS(=O)(=O)CC2)CN1CCCc1ccccc1. The van der Waals surface area contributed by atoms with Gasteiger partial charge >= 0.3 is 0 Å². The van der Waals surface area contributed by atoms with Crippen LogP contribution in [-0.4, -0.2) is 67.7 Å². The lowest BCUT2D eigenvalue weighted by atomic mass is 9.95. The summed E-state index contributed by atoms with van der Waals surface area (Å²) in [5.41, 5.74) is 1.25. The molecule has 2 aliphatic rings. The summed E-state index contributed by atoms with van der Waals surface area (Å²) >= 11 is 0. The Hall–Kier alpha value is -1.89. The summed E-state index contributed by atoms with van der Waals surface area (Å²) in [5, 5.41) is 0. The largest absolute Gasteiger partial charge is 0.342 e. The molecule has 2 saturated heterocycles. The first-order chi connectivity index (χ1) is 12.4. The van der Waals surface area contributed by atoms with Crippen molar-refractivity contribution in [1.29, 1.82) is 0 Å². The molecule has 2 amide bonds. The second-order valence-electron chi connectivity index (χ2n) is 7.14. The molecule has 1 aromatic rings. The molecule has 142 valence electrons. The van der Waals surface area contributed by atoms with Gasteiger partial charge in [0.15, 0.2) is 9.84 Å². The second kappa shape index (κ2) is 8.20. The Labute approximate surface area is 155 Å². The molecule has 1 unspecified atom stereocenters. The maximum atomic E-state index is 12.7. The highest BCUT2D eigenvalue weighted by Gasteiger charge is 2.34. The zero-order chi connectivity index (χ0) is 18.6. The standard InChI is InChI=1S/C19H26N2O4S/c22-18-9-8-17(19(23)20-11-13-26(24,25)14-12-20)15-21(18)10-4-7-16-5-2-1-3-6-16/h1-3,5-6,17H,4,7-15H2. The Balaban J connectivity index is 1.51. The Morgan fingerprint density at radius 2 is 1.81 bits per heavy atom. The molecule has 6 nitrogen and oxygen atoms in total. The maximum absolute atomic E-state index is 12.7. The number of rotatable bonds is 5. The fourth-order valence-electron chi connectivity index (χ4n) is 3.64. The van der Waals surface area contributed by atoms with Gasteiger partial charge in [0, 0.05) is 32.6 Å². The Kier molecular flexibility index (Phi) is 5.96. The van der Waals surface area contributed by atoms with Crippen LogP contribution in [0.2, 0.25) is 0 Å². The molecule has 1 atom stereocenters. The predicted molar refractivity (Wildman–Crippen MR) is 99.3 cm³/mol. The van der Waals surface area contributed by atoms with Crippen molar-refractivity contribution in [3.63, 3.8) is 0 Å². The molecular formula is C19H26N2O4S. The number of nitrogens with zero attached hydrogens (tertiary/aromatic N) is 2. The summed E-state index contributed by atoms with van der Waals surface area (Å²) in [6.45, 7) is 1.67. The molecule has 26 heavy (non-hydrogen) atoms. The highest BCUT2D eigenvalue weighted by molar-refractivity contribution is 7.91. The van der Waals surface area contributed by atoms with Crippen molar-refractivity contribution in [3.05, 3.63) is 35.9 Å². The highest BCUT2D eigenvalue weighted by Crippen LogP contribution is 2.21. The number of likely N-dealkylation sites (tertiary alicyclic amines) is 1. The lowest BCUT2D eigenvalue weighted by Crippen LogP contribution is -2.51. The number of sulfone groups is 1. The van der Waals surface area contributed by atoms with Crippen LogP contribution in [0.3, 0.4) is 0 Å². The summed E-state index contributed by atoms with van der Waals surface area (Å²) in [7, 11) is -3.00. The predicted octanol–water partition coefficient (Wildman–Crippen LogP) is 1.11. The van der Waals surface area contributed by atoms with Crippen LogP contribution in [0.4, 0.5) is 0 Å². The molecular weight excluding hydrogens is 352 g/mol. The van der Waals surface area contributed by atoms with E-state index in [-0.39, 0.29) is 42.3 Å². The minimum atomic E-state index is -3.00. The van der Waals surface area contributed by atoms with E-state index in [2.05, 4.69) is 12.1 Å². The van der Waals surface area contributed by atoms with Crippen LogP contribution < -0.4 is 0 Å². The molecule has 0 spiro atoms. The maximum Gasteiger partial charge on any atom is 0.227 e. The van der Waals surface area contributed by atoms with Crippen molar-refractivity contribution < 1.29 is 18.0 Å². The molecule has 0 aromatic heterocycles. The van der Waals surface area contributed by atoms with Gasteiger partial charge in [0.25, 0.3) is 0 Å². The normalized spacial score (nSPS) is 23.1. The molecule has 1 aromatic carbocycles. The lowest BCUT2D eigenvalue weighted by Gasteiger charge is -2.36. The van der Waals surface area contributed by atoms with E-state index < -0.39 is 9.84 Å². The van der Waals surface area contributed by atoms with E-state index in [0.29, 0.717) is 25.9 Å². The quantitative estimate of drug-likeness (QED) is 0.769. The minimum absolute atomic E-state index is 0.000425. The van der Waals surface area contributed by atoms with Crippen LogP contribution in [0, 0.1) is 5.92 Å². The topological polar surface area (TPSA) is 74.8 Å². The lowest BCUT2D eigenvalue weighted by molar-refractivity contribution is -0.142. The Morgan fingerprint density at radius 1 is 1.12 bits per heavy atom. The second-order valence-corrected chi connectivity index (χ2v) is 9.45. The van der Waals surface area contributed by atoms with Gasteiger partial charge in [0.1, 0.15) is 0 Å². The molecule has 3 rings (SSSR count). The third-order valence-corrected chi connectivity index (χ3v) is 6.85. The van der Waals surface area contributed by atoms with Crippen LogP contribution in [0.5, 0.6) is 0 Å². The number of amides is 2. The third kappa shape index (κ3) is 4.84. The van der Waals surface area contributed by atoms with Crippen molar-refractivity contribution in [2.45, 2.75) is 25.7 Å². The molecule has 0 saturated carbocycles. The van der Waals surface area contributed by atoms with Gasteiger partial charge in [0.2, 0.25) is 11.8 Å². The average Bonchev–Trinajstić information content (AvgIpc) is 2.63. The monoisotopic (exact) mass is 378 g/mol. The van der Waals surface area contributed by atoms with Gasteiger partial charge in [0.05, 0.1) is 17.4 Å². The molecule has 0 N–H and O–H groups in total. The van der Waals surface area contributed by atoms with E-state index in [0.717, 1.165) is 12.8 Å². The van der Waals surface area contributed by atoms with Crippen molar-refractivity contribution >= 4 is 21.7 Å². The molecule has 2 fully saturated rings. The van der Waals surface area contributed by atoms with Gasteiger partial charge in [-0.2, -0.15) is 0 Å². The minimum Gasteiger partial charge on any atom is -0.342 e. The van der Waals surface area contributed by atoms with Crippen LogP contribution >= 0.6 is 0 Å². The number of aryl methyl sites for hydroxylation is 1. The van der Waals surface area contributed by atoms with Crippen molar-refractivity contribution in [1.82, 2.24) is 9.80 Å². The van der Waals surface area contributed by atoms with E-state index >= 15 is 0 Å². The number of benzene rings is 1. The number of piperidine rings is 1. The van der Waals surface area contributed by atoms with Crippen LogP contribution in [0.1, 0.15) is 24.8 Å². The number of carbonyl (C=O) groups excluding carboxylic acids is 2. The summed E-state index contributed by atoms with van der Waals surface area (Å²) in [5.74, 6) is 0.00474. The van der Waals surface area contributed by atoms with E-state index in [4.69, 9.17) is 0 Å². The molecule has 2 heterocycles. The fourth-order valence-corrected chi connectivity index (χ4v) is 4.84. The first-order valence-corrected chi connectivity index (χ1v) is 11.1. The van der Waals surface area contributed by atoms with Gasteiger partial charge in [-0.25, -0.2) is 8.42 Å². The Bertz CT molecular complexity index is 734. The number of hydrogen-bond donors (Lipinski definition) is 0. The van der Waals surface area contributed by atoms with E-state index in [9.17, 15) is 18.0 Å². The van der Waals surface area contributed by atoms with Gasteiger partial charge in [-0.05, 0) is 24.8 Å². The first-order valence-electron chi connectivity index (χ1n) is 9.25. The van der Waals surface area contributed by atoms with Gasteiger partial charge in [-0.1, -0.05) is 30.3 Å². The van der Waals surface area contributed by atoms with E-state index in [1.54, 1.807) is 9.80 Å². The summed E-state index contributed by atoms with van der Waals surface area (Å²) in [6, 6.07) is 10.2. The summed E-state index contributed by atoms with van der Waals surface area (Å²) in [4.78, 5) is 28.4. The first kappa shape index (κ1) is 18.9. The molecule has 0 bridgehead atoms. The zero-order valence-electron chi connectivity index (χ0n) is 15.0. The van der Waals surface area contributed by atoms with Crippen molar-refractivity contribution in [3.8, 4) is 0 Å². The number of hydrogen-bond acceptors (Lipinski definition) is 4. The van der Waals surface area contributed by atoms with Gasteiger partial charge < -0.3 is 9.80 Å². The third-order valence-electron chi connectivity index (χ3n) is 5.24. The summed E-state index contributed by atoms with van der Waals surface area (Å²) < 4.78 is 23.1. The molecule has 7 heteroatoms. The Morgan fingerprint density at radius 3 is 2.50 bits per heavy atom. The molecule has 0 aliphatic carbocycles. The van der Waals surface area contributed by atoms with Crippen molar-refractivity contribution in [2.24, 2.45) is 5.92 Å². The van der Waals surface area contributed by atoms with Crippen molar-refractivity contribution in [2.75, 3.05) is 37.7 Å². The van der Waals surface area contributed by atoms with E-state index in [1.807, 2.05) is 18.2 Å².